The van der Waals surface area contributed by atoms with Gasteiger partial charge in [0.15, 0.2) is 11.5 Å². The first-order valence-electron chi connectivity index (χ1n) is 10.7. The average Bonchev–Trinajstić information content (AvgIpc) is 3.46. The van der Waals surface area contributed by atoms with Crippen LogP contribution in [0, 0.1) is 10.1 Å². The van der Waals surface area contributed by atoms with Crippen LogP contribution >= 0.6 is 11.3 Å². The fraction of sp³-hybridized carbons (Fsp3) is 0.381. The van der Waals surface area contributed by atoms with Gasteiger partial charge in [-0.1, -0.05) is 6.07 Å². The van der Waals surface area contributed by atoms with Gasteiger partial charge < -0.3 is 29.5 Å². The maximum Gasteiger partial charge on any atom is 0.506 e. The van der Waals surface area contributed by atoms with Crippen molar-refractivity contribution in [3.05, 3.63) is 39.9 Å². The number of carboxylic acid groups (broad SMARTS) is 1. The highest BCUT2D eigenvalue weighted by atomic mass is 32.1. The second-order valence-electron chi connectivity index (χ2n) is 7.87. The van der Waals surface area contributed by atoms with Gasteiger partial charge in [-0.15, -0.1) is 0 Å². The molecule has 0 radical (unpaired) electrons. The Balaban J connectivity index is 1.34. The molecule has 2 N–H and O–H groups in total. The van der Waals surface area contributed by atoms with Gasteiger partial charge in [0.2, 0.25) is 12.7 Å². The zero-order chi connectivity index (χ0) is 23.7. The van der Waals surface area contributed by atoms with E-state index < -0.39 is 11.1 Å². The van der Waals surface area contributed by atoms with Crippen molar-refractivity contribution in [1.82, 2.24) is 9.97 Å². The number of nitrogens with zero attached hydrogens (tertiary/aromatic N) is 4. The fourth-order valence-electron chi connectivity index (χ4n) is 4.00. The van der Waals surface area contributed by atoms with Gasteiger partial charge in [0, 0.05) is 38.5 Å². The van der Waals surface area contributed by atoms with Crippen molar-refractivity contribution in [3.63, 3.8) is 0 Å². The Hall–Kier alpha value is -3.87. The predicted octanol–water partition coefficient (Wildman–Crippen LogP) is 3.65. The molecule has 13 heteroatoms. The van der Waals surface area contributed by atoms with E-state index in [4.69, 9.17) is 19.3 Å². The number of ether oxygens (including phenoxy) is 3. The number of thiophene rings is 1. The number of piperidine rings is 1. The van der Waals surface area contributed by atoms with Crippen LogP contribution in [0.1, 0.15) is 18.4 Å². The summed E-state index contributed by atoms with van der Waals surface area (Å²) in [5, 5.41) is 24.1. The molecule has 0 spiro atoms. The minimum atomic E-state index is -1.28. The zero-order valence-electron chi connectivity index (χ0n) is 17.9. The minimum Gasteiger partial charge on any atom is -0.454 e. The molecule has 5 rings (SSSR count). The summed E-state index contributed by atoms with van der Waals surface area (Å²) in [6, 6.07) is 7.26. The summed E-state index contributed by atoms with van der Waals surface area (Å²) in [7, 11) is 0. The Morgan fingerprint density at radius 2 is 2.06 bits per heavy atom. The zero-order valence-corrected chi connectivity index (χ0v) is 18.7. The highest BCUT2D eigenvalue weighted by molar-refractivity contribution is 7.21. The van der Waals surface area contributed by atoms with Gasteiger partial charge in [0.25, 0.3) is 0 Å². The largest absolute Gasteiger partial charge is 0.506 e. The summed E-state index contributed by atoms with van der Waals surface area (Å²) < 4.78 is 15.6. The molecule has 3 aromatic rings. The molecule has 1 fully saturated rings. The van der Waals surface area contributed by atoms with E-state index in [0.717, 1.165) is 22.6 Å². The lowest BCUT2D eigenvalue weighted by Crippen LogP contribution is -2.38. The van der Waals surface area contributed by atoms with Crippen molar-refractivity contribution >= 4 is 44.5 Å². The molecular weight excluding hydrogens is 466 g/mol. The molecule has 178 valence electrons. The third kappa shape index (κ3) is 4.59. The molecule has 0 saturated carbocycles. The van der Waals surface area contributed by atoms with Gasteiger partial charge >= 0.3 is 11.2 Å². The van der Waals surface area contributed by atoms with Crippen LogP contribution in [0.3, 0.4) is 0 Å². The Bertz CT molecular complexity index is 1240. The van der Waals surface area contributed by atoms with E-state index in [2.05, 4.69) is 15.3 Å². The molecule has 34 heavy (non-hydrogen) atoms. The number of hydrogen-bond acceptors (Lipinski definition) is 11. The summed E-state index contributed by atoms with van der Waals surface area (Å²) in [6.45, 7) is 1.81. The molecule has 0 unspecified atom stereocenters. The Labute approximate surface area is 197 Å². The number of aromatic nitrogens is 2. The normalized spacial score (nSPS) is 15.5. The number of carbonyl (C=O) groups is 1. The van der Waals surface area contributed by atoms with Crippen molar-refractivity contribution in [3.8, 4) is 11.5 Å². The van der Waals surface area contributed by atoms with Crippen molar-refractivity contribution < 1.29 is 29.0 Å². The van der Waals surface area contributed by atoms with Gasteiger partial charge in [0.1, 0.15) is 16.8 Å². The third-order valence-electron chi connectivity index (χ3n) is 5.68. The van der Waals surface area contributed by atoms with Crippen LogP contribution in [0.4, 0.5) is 21.6 Å². The first-order valence-corrected chi connectivity index (χ1v) is 11.5. The Morgan fingerprint density at radius 1 is 1.26 bits per heavy atom. The number of hydrogen-bond donors (Lipinski definition) is 2. The number of fused-ring (bicyclic) bond motifs is 2. The van der Waals surface area contributed by atoms with E-state index in [1.54, 1.807) is 0 Å². The van der Waals surface area contributed by atoms with Crippen LogP contribution < -0.4 is 19.7 Å². The number of benzene rings is 1. The van der Waals surface area contributed by atoms with E-state index in [1.165, 1.54) is 6.07 Å². The minimum absolute atomic E-state index is 0.00571. The molecule has 2 aliphatic rings. The standard InChI is InChI=1S/C21H21N5O7S/c27-21(28)33-13-4-7-25(8-5-13)20-23-18(14-10-17(26(29)30)34-19(14)24-20)22-6-3-12-1-2-15-16(9-12)32-11-31-15/h1-2,9-10,13H,3-8,11H2,(H,27,28)(H,22,23,24). The summed E-state index contributed by atoms with van der Waals surface area (Å²) in [5.41, 5.74) is 1.05. The molecule has 1 saturated heterocycles. The number of anilines is 2. The van der Waals surface area contributed by atoms with E-state index in [9.17, 15) is 14.9 Å². The van der Waals surface area contributed by atoms with Crippen molar-refractivity contribution in [2.45, 2.75) is 25.4 Å². The van der Waals surface area contributed by atoms with Gasteiger partial charge in [0.05, 0.1) is 10.3 Å². The maximum absolute atomic E-state index is 11.3. The second kappa shape index (κ2) is 9.17. The Kier molecular flexibility index (Phi) is 5.92. The molecular formula is C21H21N5O7S. The first-order chi connectivity index (χ1) is 16.5. The molecule has 4 heterocycles. The highest BCUT2D eigenvalue weighted by Crippen LogP contribution is 2.36. The lowest BCUT2D eigenvalue weighted by atomic mass is 10.1. The lowest BCUT2D eigenvalue weighted by molar-refractivity contribution is -0.380. The number of nitrogens with one attached hydrogen (secondary N) is 1. The second-order valence-corrected chi connectivity index (χ2v) is 8.88. The van der Waals surface area contributed by atoms with E-state index in [-0.39, 0.29) is 17.9 Å². The van der Waals surface area contributed by atoms with Crippen LogP contribution in [0.25, 0.3) is 10.2 Å². The summed E-state index contributed by atoms with van der Waals surface area (Å²) in [6.07, 6.45) is 0.0772. The highest BCUT2D eigenvalue weighted by Gasteiger charge is 2.26. The molecule has 0 atom stereocenters. The van der Waals surface area contributed by atoms with E-state index in [0.29, 0.717) is 66.6 Å². The average molecular weight is 487 g/mol. The predicted molar refractivity (Wildman–Crippen MR) is 123 cm³/mol. The molecule has 0 bridgehead atoms. The van der Waals surface area contributed by atoms with Gasteiger partial charge in [-0.05, 0) is 35.5 Å². The summed E-state index contributed by atoms with van der Waals surface area (Å²) >= 11 is 1.00. The van der Waals surface area contributed by atoms with Crippen molar-refractivity contribution in [2.75, 3.05) is 36.6 Å². The first kappa shape index (κ1) is 21.9. The molecule has 2 aliphatic heterocycles. The van der Waals surface area contributed by atoms with Crippen LogP contribution in [-0.4, -0.2) is 58.7 Å². The van der Waals surface area contributed by atoms with Gasteiger partial charge in [-0.2, -0.15) is 4.98 Å². The SMILES string of the molecule is O=C(O)OC1CCN(c2nc(NCCc3ccc4c(c3)OCO4)c3cc([N+](=O)[O-])sc3n2)CC1. The summed E-state index contributed by atoms with van der Waals surface area (Å²) in [4.78, 5) is 33.4. The molecule has 1 aromatic carbocycles. The van der Waals surface area contributed by atoms with Crippen molar-refractivity contribution in [1.29, 1.82) is 0 Å². The van der Waals surface area contributed by atoms with Gasteiger partial charge in [-0.3, -0.25) is 10.1 Å². The van der Waals surface area contributed by atoms with Crippen LogP contribution in [0.2, 0.25) is 0 Å². The fourth-order valence-corrected chi connectivity index (χ4v) is 4.84. The number of rotatable bonds is 7. The summed E-state index contributed by atoms with van der Waals surface area (Å²) in [5.74, 6) is 2.41. The number of nitro groups is 1. The topological polar surface area (TPSA) is 149 Å². The third-order valence-corrected chi connectivity index (χ3v) is 6.66. The smallest absolute Gasteiger partial charge is 0.454 e. The van der Waals surface area contributed by atoms with E-state index >= 15 is 0 Å². The monoisotopic (exact) mass is 487 g/mol. The Morgan fingerprint density at radius 3 is 2.82 bits per heavy atom. The van der Waals surface area contributed by atoms with Crippen LogP contribution in [0.5, 0.6) is 11.5 Å². The van der Waals surface area contributed by atoms with E-state index in [1.807, 2.05) is 23.1 Å². The van der Waals surface area contributed by atoms with Gasteiger partial charge in [-0.25, -0.2) is 9.78 Å². The maximum atomic E-state index is 11.3. The molecule has 0 aliphatic carbocycles. The quantitative estimate of drug-likeness (QED) is 0.286. The molecule has 12 nitrogen and oxygen atoms in total. The van der Waals surface area contributed by atoms with Crippen molar-refractivity contribution in [2.24, 2.45) is 0 Å². The lowest BCUT2D eigenvalue weighted by Gasteiger charge is -2.31. The van der Waals surface area contributed by atoms with Crippen LogP contribution in [-0.2, 0) is 11.2 Å². The molecule has 0 amide bonds. The molecule has 2 aromatic heterocycles. The van der Waals surface area contributed by atoms with Crippen LogP contribution in [0.15, 0.2) is 24.3 Å².